The predicted octanol–water partition coefficient (Wildman–Crippen LogP) is 4.48. The van der Waals surface area contributed by atoms with Crippen LogP contribution < -0.4 is 5.73 Å². The Morgan fingerprint density at radius 3 is 2.38 bits per heavy atom. The summed E-state index contributed by atoms with van der Waals surface area (Å²) in [6, 6.07) is 12.5. The minimum absolute atomic E-state index is 0.140. The minimum Gasteiger partial charge on any atom is -0.324 e. The summed E-state index contributed by atoms with van der Waals surface area (Å²) in [6.07, 6.45) is 0.962. The van der Waals surface area contributed by atoms with E-state index in [2.05, 4.69) is 31.2 Å². The first-order chi connectivity index (χ1) is 7.70. The van der Waals surface area contributed by atoms with Crippen LogP contribution in [0.25, 0.3) is 10.4 Å². The predicted molar refractivity (Wildman–Crippen MR) is 72.0 cm³/mol. The van der Waals surface area contributed by atoms with Gasteiger partial charge in [0.15, 0.2) is 0 Å². The molecule has 0 bridgehead atoms. The molecule has 0 spiro atoms. The van der Waals surface area contributed by atoms with E-state index in [9.17, 15) is 0 Å². The summed E-state index contributed by atoms with van der Waals surface area (Å²) in [5, 5.41) is 0. The summed E-state index contributed by atoms with van der Waals surface area (Å²) in [4.78, 5) is 1.20. The van der Waals surface area contributed by atoms with Gasteiger partial charge in [0.1, 0.15) is 0 Å². The molecule has 0 fully saturated rings. The third kappa shape index (κ3) is 2.46. The van der Waals surface area contributed by atoms with Crippen LogP contribution in [0.3, 0.4) is 0 Å². The first-order valence-corrected chi connectivity index (χ1v) is 6.51. The van der Waals surface area contributed by atoms with Crippen molar-refractivity contribution < 1.29 is 0 Å². The lowest BCUT2D eigenvalue weighted by Gasteiger charge is -2.09. The first-order valence-electron chi connectivity index (χ1n) is 5.32. The van der Waals surface area contributed by atoms with E-state index in [-0.39, 0.29) is 6.04 Å². The summed E-state index contributed by atoms with van der Waals surface area (Å²) in [6.45, 7) is 2.09. The molecule has 1 aromatic heterocycles. The van der Waals surface area contributed by atoms with E-state index in [0.29, 0.717) is 0 Å². The van der Waals surface area contributed by atoms with Crippen molar-refractivity contribution in [3.63, 3.8) is 0 Å². The fraction of sp³-hybridized carbons (Fsp3) is 0.231. The van der Waals surface area contributed by atoms with Gasteiger partial charge in [0, 0.05) is 10.9 Å². The SMILES string of the molecule is CCC(N)c1ccc(-c2ccc(Cl)s2)cc1. The fourth-order valence-corrected chi connectivity index (χ4v) is 2.65. The Hall–Kier alpha value is -0.830. The summed E-state index contributed by atoms with van der Waals surface area (Å²) in [7, 11) is 0. The quantitative estimate of drug-likeness (QED) is 0.855. The van der Waals surface area contributed by atoms with E-state index < -0.39 is 0 Å². The van der Waals surface area contributed by atoms with Gasteiger partial charge < -0.3 is 5.73 Å². The van der Waals surface area contributed by atoms with Crippen LogP contribution in [0.15, 0.2) is 36.4 Å². The van der Waals surface area contributed by atoms with E-state index >= 15 is 0 Å². The Bertz CT molecular complexity index is 461. The number of hydrogen-bond acceptors (Lipinski definition) is 2. The summed E-state index contributed by atoms with van der Waals surface area (Å²) >= 11 is 7.51. The summed E-state index contributed by atoms with van der Waals surface area (Å²) in [5.41, 5.74) is 8.36. The Morgan fingerprint density at radius 1 is 1.19 bits per heavy atom. The highest BCUT2D eigenvalue weighted by atomic mass is 35.5. The molecule has 2 aromatic rings. The van der Waals surface area contributed by atoms with Gasteiger partial charge in [0.25, 0.3) is 0 Å². The van der Waals surface area contributed by atoms with E-state index in [4.69, 9.17) is 17.3 Å². The topological polar surface area (TPSA) is 26.0 Å². The van der Waals surface area contributed by atoms with Crippen LogP contribution in [0.5, 0.6) is 0 Å². The van der Waals surface area contributed by atoms with Crippen LogP contribution in [0.1, 0.15) is 24.9 Å². The maximum Gasteiger partial charge on any atom is 0.0934 e. The lowest BCUT2D eigenvalue weighted by atomic mass is 10.0. The highest BCUT2D eigenvalue weighted by Crippen LogP contribution is 2.31. The lowest BCUT2D eigenvalue weighted by molar-refractivity contribution is 0.699. The maximum atomic E-state index is 5.97. The van der Waals surface area contributed by atoms with Crippen molar-refractivity contribution in [2.45, 2.75) is 19.4 Å². The van der Waals surface area contributed by atoms with Crippen molar-refractivity contribution in [2.24, 2.45) is 5.73 Å². The molecule has 1 unspecified atom stereocenters. The summed E-state index contributed by atoms with van der Waals surface area (Å²) in [5.74, 6) is 0. The number of rotatable bonds is 3. The molecule has 1 atom stereocenters. The molecule has 0 aliphatic heterocycles. The fourth-order valence-electron chi connectivity index (χ4n) is 1.60. The van der Waals surface area contributed by atoms with E-state index in [1.807, 2.05) is 12.1 Å². The number of thiophene rings is 1. The van der Waals surface area contributed by atoms with Crippen molar-refractivity contribution in [1.82, 2.24) is 0 Å². The Kier molecular flexibility index (Phi) is 3.64. The van der Waals surface area contributed by atoms with Crippen molar-refractivity contribution in [2.75, 3.05) is 0 Å². The third-order valence-corrected chi connectivity index (χ3v) is 3.92. The van der Waals surface area contributed by atoms with Crippen LogP contribution >= 0.6 is 22.9 Å². The number of benzene rings is 1. The average Bonchev–Trinajstić information content (AvgIpc) is 2.75. The van der Waals surface area contributed by atoms with Gasteiger partial charge in [-0.3, -0.25) is 0 Å². The zero-order valence-electron chi connectivity index (χ0n) is 9.11. The van der Waals surface area contributed by atoms with Gasteiger partial charge >= 0.3 is 0 Å². The molecule has 0 aliphatic carbocycles. The van der Waals surface area contributed by atoms with Crippen molar-refractivity contribution in [3.8, 4) is 10.4 Å². The molecule has 0 radical (unpaired) electrons. The Labute approximate surface area is 105 Å². The third-order valence-electron chi connectivity index (χ3n) is 2.64. The van der Waals surface area contributed by atoms with Crippen molar-refractivity contribution in [1.29, 1.82) is 0 Å². The van der Waals surface area contributed by atoms with Crippen LogP contribution in [0.2, 0.25) is 4.34 Å². The minimum atomic E-state index is 0.140. The molecular weight excluding hydrogens is 238 g/mol. The van der Waals surface area contributed by atoms with E-state index in [1.54, 1.807) is 11.3 Å². The molecule has 16 heavy (non-hydrogen) atoms. The maximum absolute atomic E-state index is 5.97. The van der Waals surface area contributed by atoms with Gasteiger partial charge in [0.2, 0.25) is 0 Å². The highest BCUT2D eigenvalue weighted by molar-refractivity contribution is 7.19. The molecule has 0 saturated heterocycles. The van der Waals surface area contributed by atoms with Crippen LogP contribution in [0, 0.1) is 0 Å². The van der Waals surface area contributed by atoms with Crippen LogP contribution in [-0.2, 0) is 0 Å². The molecule has 1 aromatic carbocycles. The largest absolute Gasteiger partial charge is 0.324 e. The summed E-state index contributed by atoms with van der Waals surface area (Å²) < 4.78 is 0.823. The Balaban J connectivity index is 2.25. The molecule has 0 amide bonds. The van der Waals surface area contributed by atoms with Gasteiger partial charge in [-0.25, -0.2) is 0 Å². The smallest absolute Gasteiger partial charge is 0.0934 e. The van der Waals surface area contributed by atoms with Gasteiger partial charge in [-0.05, 0) is 29.7 Å². The normalized spacial score (nSPS) is 12.7. The lowest BCUT2D eigenvalue weighted by Crippen LogP contribution is -2.07. The molecule has 2 N–H and O–H groups in total. The van der Waals surface area contributed by atoms with Crippen molar-refractivity contribution in [3.05, 3.63) is 46.3 Å². The number of hydrogen-bond donors (Lipinski definition) is 1. The molecular formula is C13H14ClNS. The number of nitrogens with two attached hydrogens (primary N) is 1. The average molecular weight is 252 g/mol. The van der Waals surface area contributed by atoms with E-state index in [1.165, 1.54) is 16.0 Å². The molecule has 1 heterocycles. The van der Waals surface area contributed by atoms with E-state index in [0.717, 1.165) is 10.8 Å². The molecule has 0 aliphatic rings. The molecule has 2 rings (SSSR count). The van der Waals surface area contributed by atoms with Gasteiger partial charge in [-0.1, -0.05) is 42.8 Å². The first kappa shape index (κ1) is 11.6. The molecule has 84 valence electrons. The van der Waals surface area contributed by atoms with Crippen LogP contribution in [-0.4, -0.2) is 0 Å². The molecule has 3 heteroatoms. The monoisotopic (exact) mass is 251 g/mol. The van der Waals surface area contributed by atoms with Gasteiger partial charge in [-0.15, -0.1) is 11.3 Å². The standard InChI is InChI=1S/C13H14ClNS/c1-2-11(15)9-3-5-10(6-4-9)12-7-8-13(14)16-12/h3-8,11H,2,15H2,1H3. The van der Waals surface area contributed by atoms with Gasteiger partial charge in [-0.2, -0.15) is 0 Å². The van der Waals surface area contributed by atoms with Crippen LogP contribution in [0.4, 0.5) is 0 Å². The number of halogens is 1. The molecule has 1 nitrogen and oxygen atoms in total. The van der Waals surface area contributed by atoms with Crippen molar-refractivity contribution >= 4 is 22.9 Å². The van der Waals surface area contributed by atoms with Gasteiger partial charge in [0.05, 0.1) is 4.34 Å². The zero-order chi connectivity index (χ0) is 11.5. The highest BCUT2D eigenvalue weighted by Gasteiger charge is 2.05. The molecule has 0 saturated carbocycles. The Morgan fingerprint density at radius 2 is 1.88 bits per heavy atom. The second-order valence-corrected chi connectivity index (χ2v) is 5.46. The second kappa shape index (κ2) is 5.00. The zero-order valence-corrected chi connectivity index (χ0v) is 10.7. The second-order valence-electron chi connectivity index (χ2n) is 3.74.